The number of nitrogens with one attached hydrogen (secondary N) is 1. The lowest BCUT2D eigenvalue weighted by Crippen LogP contribution is -2.25. The molecule has 0 amide bonds. The summed E-state index contributed by atoms with van der Waals surface area (Å²) in [5, 5.41) is 12.2. The minimum atomic E-state index is 0.385. The van der Waals surface area contributed by atoms with Gasteiger partial charge in [0.25, 0.3) is 0 Å². The molecule has 0 spiro atoms. The monoisotopic (exact) mass is 245 g/mol. The molecular weight excluding hydrogens is 222 g/mol. The molecule has 0 aliphatic heterocycles. The summed E-state index contributed by atoms with van der Waals surface area (Å²) in [6.07, 6.45) is 1.62. The number of para-hydroxylation sites is 1. The Morgan fingerprint density at radius 1 is 1.33 bits per heavy atom. The fourth-order valence-corrected chi connectivity index (χ4v) is 2.19. The van der Waals surface area contributed by atoms with Gasteiger partial charge in [0, 0.05) is 25.3 Å². The van der Waals surface area contributed by atoms with E-state index in [-0.39, 0.29) is 0 Å². The summed E-state index contributed by atoms with van der Waals surface area (Å²) in [4.78, 5) is 2.17. The van der Waals surface area contributed by atoms with E-state index in [2.05, 4.69) is 61.4 Å². The third-order valence-corrected chi connectivity index (χ3v) is 3.14. The van der Waals surface area contributed by atoms with Crippen LogP contribution in [0.4, 0.5) is 5.69 Å². The van der Waals surface area contributed by atoms with Crippen molar-refractivity contribution in [1.29, 1.82) is 5.26 Å². The van der Waals surface area contributed by atoms with Crippen molar-refractivity contribution in [2.45, 2.75) is 32.7 Å². The van der Waals surface area contributed by atoms with E-state index in [1.54, 1.807) is 0 Å². The van der Waals surface area contributed by atoms with Crippen LogP contribution in [0.15, 0.2) is 24.3 Å². The van der Waals surface area contributed by atoms with E-state index < -0.39 is 0 Å². The first-order chi connectivity index (χ1) is 8.74. The second-order valence-corrected chi connectivity index (χ2v) is 4.41. The lowest BCUT2D eigenvalue weighted by Gasteiger charge is -2.26. The van der Waals surface area contributed by atoms with Crippen molar-refractivity contribution < 1.29 is 0 Å². The Morgan fingerprint density at radius 3 is 2.67 bits per heavy atom. The Balaban J connectivity index is 2.94. The molecule has 0 bridgehead atoms. The molecule has 1 aromatic rings. The molecule has 0 saturated carbocycles. The van der Waals surface area contributed by atoms with Crippen molar-refractivity contribution in [3.8, 4) is 6.07 Å². The molecule has 0 aromatic heterocycles. The summed E-state index contributed by atoms with van der Waals surface area (Å²) in [6.45, 7) is 6.06. The molecule has 1 atom stereocenters. The highest BCUT2D eigenvalue weighted by Crippen LogP contribution is 2.27. The van der Waals surface area contributed by atoms with Gasteiger partial charge in [0.2, 0.25) is 0 Å². The molecule has 1 unspecified atom stereocenters. The quantitative estimate of drug-likeness (QED) is 0.802. The van der Waals surface area contributed by atoms with Gasteiger partial charge in [-0.1, -0.05) is 32.0 Å². The van der Waals surface area contributed by atoms with Gasteiger partial charge in [-0.25, -0.2) is 0 Å². The molecule has 0 radical (unpaired) electrons. The third kappa shape index (κ3) is 3.75. The van der Waals surface area contributed by atoms with Gasteiger partial charge in [-0.2, -0.15) is 5.26 Å². The van der Waals surface area contributed by atoms with Gasteiger partial charge in [-0.15, -0.1) is 0 Å². The van der Waals surface area contributed by atoms with Gasteiger partial charge in [0.05, 0.1) is 12.5 Å². The average Bonchev–Trinajstić information content (AvgIpc) is 2.42. The van der Waals surface area contributed by atoms with Crippen molar-refractivity contribution in [3.63, 3.8) is 0 Å². The van der Waals surface area contributed by atoms with Crippen molar-refractivity contribution >= 4 is 5.69 Å². The van der Waals surface area contributed by atoms with E-state index in [1.807, 2.05) is 0 Å². The zero-order chi connectivity index (χ0) is 13.4. The first-order valence-electron chi connectivity index (χ1n) is 6.64. The summed E-state index contributed by atoms with van der Waals surface area (Å²) < 4.78 is 0. The largest absolute Gasteiger partial charge is 0.373 e. The van der Waals surface area contributed by atoms with Crippen LogP contribution in [0, 0.1) is 11.3 Å². The molecule has 0 aliphatic rings. The molecule has 0 aliphatic carbocycles. The van der Waals surface area contributed by atoms with Gasteiger partial charge in [-0.05, 0) is 24.6 Å². The minimum absolute atomic E-state index is 0.385. The number of rotatable bonds is 7. The predicted octanol–water partition coefficient (Wildman–Crippen LogP) is 3.10. The molecule has 0 fully saturated rings. The maximum Gasteiger partial charge on any atom is 0.0640 e. The summed E-state index contributed by atoms with van der Waals surface area (Å²) in [6, 6.07) is 11.0. The lowest BCUT2D eigenvalue weighted by molar-refractivity contribution is 0.537. The van der Waals surface area contributed by atoms with Crippen LogP contribution in [-0.4, -0.2) is 20.1 Å². The van der Waals surface area contributed by atoms with Crippen LogP contribution in [0.3, 0.4) is 0 Å². The maximum absolute atomic E-state index is 8.68. The van der Waals surface area contributed by atoms with E-state index in [4.69, 9.17) is 5.26 Å². The summed E-state index contributed by atoms with van der Waals surface area (Å²) in [5.41, 5.74) is 2.54. The van der Waals surface area contributed by atoms with Crippen LogP contribution in [0.1, 0.15) is 38.3 Å². The highest BCUT2D eigenvalue weighted by atomic mass is 15.1. The van der Waals surface area contributed by atoms with Crippen LogP contribution in [0.25, 0.3) is 0 Å². The molecule has 1 N–H and O–H groups in total. The first-order valence-corrected chi connectivity index (χ1v) is 6.64. The average molecular weight is 245 g/mol. The van der Waals surface area contributed by atoms with E-state index in [9.17, 15) is 0 Å². The number of anilines is 1. The summed E-state index contributed by atoms with van der Waals surface area (Å²) in [5.74, 6) is 0. The number of nitrogens with zero attached hydrogens (tertiary/aromatic N) is 2. The number of hydrogen-bond donors (Lipinski definition) is 1. The van der Waals surface area contributed by atoms with Crippen molar-refractivity contribution in [2.24, 2.45) is 0 Å². The second kappa shape index (κ2) is 7.73. The number of benzene rings is 1. The fourth-order valence-electron chi connectivity index (χ4n) is 2.19. The maximum atomic E-state index is 8.68. The van der Waals surface area contributed by atoms with E-state index in [0.717, 1.165) is 19.5 Å². The normalized spacial score (nSPS) is 11.9. The Morgan fingerprint density at radius 2 is 2.06 bits per heavy atom. The summed E-state index contributed by atoms with van der Waals surface area (Å²) >= 11 is 0. The zero-order valence-corrected chi connectivity index (χ0v) is 11.6. The highest BCUT2D eigenvalue weighted by Gasteiger charge is 2.14. The van der Waals surface area contributed by atoms with Crippen LogP contribution in [0.5, 0.6) is 0 Å². The number of hydrogen-bond acceptors (Lipinski definition) is 3. The first kappa shape index (κ1) is 14.5. The molecule has 98 valence electrons. The molecule has 3 heteroatoms. The highest BCUT2D eigenvalue weighted by molar-refractivity contribution is 5.54. The van der Waals surface area contributed by atoms with Gasteiger partial charge in [0.15, 0.2) is 0 Å². The molecule has 1 rings (SSSR count). The Bertz CT molecular complexity index is 395. The van der Waals surface area contributed by atoms with Crippen molar-refractivity contribution in [1.82, 2.24) is 5.32 Å². The Hall–Kier alpha value is -1.53. The molecule has 0 saturated heterocycles. The van der Waals surface area contributed by atoms with Gasteiger partial charge < -0.3 is 10.2 Å². The van der Waals surface area contributed by atoms with Crippen LogP contribution >= 0.6 is 0 Å². The third-order valence-electron chi connectivity index (χ3n) is 3.14. The molecule has 1 aromatic carbocycles. The zero-order valence-electron chi connectivity index (χ0n) is 11.6. The van der Waals surface area contributed by atoms with Gasteiger partial charge >= 0.3 is 0 Å². The van der Waals surface area contributed by atoms with Crippen LogP contribution in [0.2, 0.25) is 0 Å². The fraction of sp³-hybridized carbons (Fsp3) is 0.533. The minimum Gasteiger partial charge on any atom is -0.373 e. The SMILES string of the molecule is CCNC(CC)c1ccccc1N(C)CCC#N. The van der Waals surface area contributed by atoms with E-state index in [0.29, 0.717) is 12.5 Å². The van der Waals surface area contributed by atoms with Crippen molar-refractivity contribution in [3.05, 3.63) is 29.8 Å². The molecule has 3 nitrogen and oxygen atoms in total. The number of nitriles is 1. The van der Waals surface area contributed by atoms with Crippen LogP contribution in [-0.2, 0) is 0 Å². The Kier molecular flexibility index (Phi) is 6.24. The molecule has 0 heterocycles. The van der Waals surface area contributed by atoms with E-state index in [1.165, 1.54) is 11.3 Å². The van der Waals surface area contributed by atoms with Gasteiger partial charge in [-0.3, -0.25) is 0 Å². The van der Waals surface area contributed by atoms with Crippen LogP contribution < -0.4 is 10.2 Å². The second-order valence-electron chi connectivity index (χ2n) is 4.41. The predicted molar refractivity (Wildman–Crippen MR) is 76.7 cm³/mol. The van der Waals surface area contributed by atoms with E-state index >= 15 is 0 Å². The standard InChI is InChI=1S/C15H23N3/c1-4-14(17-5-2)13-9-6-7-10-15(13)18(3)12-8-11-16/h6-7,9-10,14,17H,4-5,8,12H2,1-3H3. The summed E-state index contributed by atoms with van der Waals surface area (Å²) in [7, 11) is 2.05. The van der Waals surface area contributed by atoms with Crippen molar-refractivity contribution in [2.75, 3.05) is 25.0 Å². The topological polar surface area (TPSA) is 39.1 Å². The Labute approximate surface area is 110 Å². The smallest absolute Gasteiger partial charge is 0.0640 e. The molecule has 18 heavy (non-hydrogen) atoms. The van der Waals surface area contributed by atoms with Gasteiger partial charge in [0.1, 0.15) is 0 Å². The lowest BCUT2D eigenvalue weighted by atomic mass is 10.0. The molecular formula is C15H23N3.